The zero-order valence-electron chi connectivity index (χ0n) is 11.8. The van der Waals surface area contributed by atoms with Crippen molar-refractivity contribution in [2.45, 2.75) is 19.4 Å². The van der Waals surface area contributed by atoms with E-state index in [0.29, 0.717) is 25.9 Å². The molecular formula is C17H18N2O2. The second kappa shape index (κ2) is 5.95. The largest absolute Gasteiger partial charge is 0.355 e. The highest BCUT2D eigenvalue weighted by Gasteiger charge is 2.24. The molecule has 2 aromatic carbocycles. The minimum absolute atomic E-state index is 0.0166. The van der Waals surface area contributed by atoms with Crippen molar-refractivity contribution < 1.29 is 9.59 Å². The number of fused-ring (bicyclic) bond motifs is 1. The van der Waals surface area contributed by atoms with Crippen molar-refractivity contribution in [1.29, 1.82) is 0 Å². The summed E-state index contributed by atoms with van der Waals surface area (Å²) in [6, 6.07) is 14.3. The Balaban J connectivity index is 1.66. The first-order valence-corrected chi connectivity index (χ1v) is 7.25. The van der Waals surface area contributed by atoms with E-state index in [9.17, 15) is 9.59 Å². The molecule has 108 valence electrons. The fourth-order valence-electron chi connectivity index (χ4n) is 2.73. The maximum atomic E-state index is 12.2. The molecule has 1 fully saturated rings. The first-order chi connectivity index (χ1) is 10.2. The van der Waals surface area contributed by atoms with Crippen LogP contribution in [-0.2, 0) is 16.1 Å². The third-order valence-electron chi connectivity index (χ3n) is 3.97. The molecule has 0 aliphatic carbocycles. The van der Waals surface area contributed by atoms with Crippen molar-refractivity contribution in [3.63, 3.8) is 0 Å². The zero-order chi connectivity index (χ0) is 14.7. The highest BCUT2D eigenvalue weighted by atomic mass is 16.2. The maximum absolute atomic E-state index is 12.2. The molecule has 1 atom stereocenters. The predicted octanol–water partition coefficient (Wildman–Crippen LogP) is 1.98. The summed E-state index contributed by atoms with van der Waals surface area (Å²) in [7, 11) is 0. The van der Waals surface area contributed by atoms with Crippen LogP contribution in [0, 0.1) is 5.92 Å². The first kappa shape index (κ1) is 13.6. The Hall–Kier alpha value is -2.36. The number of hydrogen-bond donors (Lipinski definition) is 2. The van der Waals surface area contributed by atoms with Crippen LogP contribution in [0.3, 0.4) is 0 Å². The van der Waals surface area contributed by atoms with Crippen molar-refractivity contribution in [3.8, 4) is 0 Å². The van der Waals surface area contributed by atoms with Crippen LogP contribution in [0.4, 0.5) is 0 Å². The van der Waals surface area contributed by atoms with Crippen molar-refractivity contribution in [1.82, 2.24) is 10.6 Å². The van der Waals surface area contributed by atoms with Crippen molar-refractivity contribution in [2.24, 2.45) is 5.92 Å². The van der Waals surface area contributed by atoms with Crippen LogP contribution in [0.1, 0.15) is 18.4 Å². The molecule has 4 heteroatoms. The molecule has 1 aliphatic rings. The summed E-state index contributed by atoms with van der Waals surface area (Å²) in [5.41, 5.74) is 1.11. The molecule has 4 nitrogen and oxygen atoms in total. The van der Waals surface area contributed by atoms with Gasteiger partial charge in [-0.2, -0.15) is 0 Å². The minimum atomic E-state index is -0.113. The fourth-order valence-corrected chi connectivity index (χ4v) is 2.73. The number of nitrogens with one attached hydrogen (secondary N) is 2. The molecule has 0 saturated carbocycles. The molecule has 2 N–H and O–H groups in total. The number of piperidine rings is 1. The molecule has 3 rings (SSSR count). The molecule has 0 aromatic heterocycles. The van der Waals surface area contributed by atoms with Gasteiger partial charge >= 0.3 is 0 Å². The van der Waals surface area contributed by atoms with Gasteiger partial charge in [-0.3, -0.25) is 9.59 Å². The monoisotopic (exact) mass is 282 g/mol. The summed E-state index contributed by atoms with van der Waals surface area (Å²) in [6.45, 7) is 0.963. The van der Waals surface area contributed by atoms with Gasteiger partial charge in [-0.1, -0.05) is 42.5 Å². The topological polar surface area (TPSA) is 58.2 Å². The molecule has 0 radical (unpaired) electrons. The summed E-state index contributed by atoms with van der Waals surface area (Å²) < 4.78 is 0. The molecule has 2 aromatic rings. The van der Waals surface area contributed by atoms with Crippen LogP contribution in [0.2, 0.25) is 0 Å². The fraction of sp³-hybridized carbons (Fsp3) is 0.294. The standard InChI is InChI=1S/C17H18N2O2/c20-16-9-8-14(11-18-16)17(21)19-10-13-6-3-5-12-4-1-2-7-15(12)13/h1-7,14H,8-11H2,(H,18,20)(H,19,21). The second-order valence-electron chi connectivity index (χ2n) is 5.40. The van der Waals surface area contributed by atoms with Gasteiger partial charge in [0.1, 0.15) is 0 Å². The number of amides is 2. The summed E-state index contributed by atoms with van der Waals surface area (Å²) in [6.07, 6.45) is 1.07. The zero-order valence-corrected chi connectivity index (χ0v) is 11.8. The van der Waals surface area contributed by atoms with E-state index in [2.05, 4.69) is 28.8 Å². The van der Waals surface area contributed by atoms with Gasteiger partial charge in [0.15, 0.2) is 0 Å². The molecule has 0 spiro atoms. The molecule has 0 bridgehead atoms. The van der Waals surface area contributed by atoms with E-state index in [0.717, 1.165) is 10.9 Å². The van der Waals surface area contributed by atoms with Gasteiger partial charge in [0.2, 0.25) is 11.8 Å². The van der Waals surface area contributed by atoms with Gasteiger partial charge < -0.3 is 10.6 Å². The summed E-state index contributed by atoms with van der Waals surface area (Å²) >= 11 is 0. The Kier molecular flexibility index (Phi) is 3.86. The Labute approximate surface area is 123 Å². The van der Waals surface area contributed by atoms with E-state index in [1.54, 1.807) is 0 Å². The highest BCUT2D eigenvalue weighted by molar-refractivity contribution is 5.87. The molecule has 21 heavy (non-hydrogen) atoms. The van der Waals surface area contributed by atoms with Crippen LogP contribution in [-0.4, -0.2) is 18.4 Å². The number of benzene rings is 2. The third-order valence-corrected chi connectivity index (χ3v) is 3.97. The Bertz CT molecular complexity index is 666. The third kappa shape index (κ3) is 3.05. The molecular weight excluding hydrogens is 264 g/mol. The lowest BCUT2D eigenvalue weighted by Gasteiger charge is -2.21. The van der Waals surface area contributed by atoms with E-state index in [-0.39, 0.29) is 17.7 Å². The highest BCUT2D eigenvalue weighted by Crippen LogP contribution is 2.18. The second-order valence-corrected chi connectivity index (χ2v) is 5.40. The van der Waals surface area contributed by atoms with E-state index < -0.39 is 0 Å². The molecule has 1 heterocycles. The predicted molar refractivity (Wildman–Crippen MR) is 81.5 cm³/mol. The Morgan fingerprint density at radius 2 is 2.00 bits per heavy atom. The summed E-state index contributed by atoms with van der Waals surface area (Å²) in [4.78, 5) is 23.3. The van der Waals surface area contributed by atoms with Crippen molar-refractivity contribution in [3.05, 3.63) is 48.0 Å². The number of rotatable bonds is 3. The SMILES string of the molecule is O=C1CCC(C(=O)NCc2cccc3ccccc23)CN1. The van der Waals surface area contributed by atoms with E-state index in [4.69, 9.17) is 0 Å². The Morgan fingerprint density at radius 3 is 2.81 bits per heavy atom. The maximum Gasteiger partial charge on any atom is 0.225 e. The van der Waals surface area contributed by atoms with Gasteiger partial charge in [0.25, 0.3) is 0 Å². The van der Waals surface area contributed by atoms with Crippen LogP contribution >= 0.6 is 0 Å². The van der Waals surface area contributed by atoms with Crippen LogP contribution in [0.5, 0.6) is 0 Å². The summed E-state index contributed by atoms with van der Waals surface area (Å²) in [5.74, 6) is -0.0614. The molecule has 1 saturated heterocycles. The molecule has 1 aliphatic heterocycles. The average Bonchev–Trinajstić information content (AvgIpc) is 2.53. The smallest absolute Gasteiger partial charge is 0.225 e. The van der Waals surface area contributed by atoms with Crippen molar-refractivity contribution in [2.75, 3.05) is 6.54 Å². The molecule has 2 amide bonds. The molecule has 1 unspecified atom stereocenters. The van der Waals surface area contributed by atoms with Gasteiger partial charge in [-0.15, -0.1) is 0 Å². The van der Waals surface area contributed by atoms with E-state index in [1.165, 1.54) is 5.39 Å². The van der Waals surface area contributed by atoms with E-state index >= 15 is 0 Å². The minimum Gasteiger partial charge on any atom is -0.355 e. The number of carbonyl (C=O) groups is 2. The van der Waals surface area contributed by atoms with Crippen LogP contribution in [0.25, 0.3) is 10.8 Å². The van der Waals surface area contributed by atoms with Gasteiger partial charge in [-0.25, -0.2) is 0 Å². The van der Waals surface area contributed by atoms with Gasteiger partial charge in [0.05, 0.1) is 5.92 Å². The average molecular weight is 282 g/mol. The quantitative estimate of drug-likeness (QED) is 0.904. The van der Waals surface area contributed by atoms with Gasteiger partial charge in [-0.05, 0) is 22.8 Å². The number of hydrogen-bond acceptors (Lipinski definition) is 2. The van der Waals surface area contributed by atoms with Crippen LogP contribution in [0.15, 0.2) is 42.5 Å². The normalized spacial score (nSPS) is 18.3. The van der Waals surface area contributed by atoms with E-state index in [1.807, 2.05) is 24.3 Å². The summed E-state index contributed by atoms with van der Waals surface area (Å²) in [5, 5.41) is 8.07. The first-order valence-electron chi connectivity index (χ1n) is 7.25. The van der Waals surface area contributed by atoms with Gasteiger partial charge in [0, 0.05) is 19.5 Å². The van der Waals surface area contributed by atoms with Crippen molar-refractivity contribution >= 4 is 22.6 Å². The lowest BCUT2D eigenvalue weighted by molar-refractivity contribution is -0.129. The number of carbonyl (C=O) groups excluding carboxylic acids is 2. The Morgan fingerprint density at radius 1 is 1.19 bits per heavy atom. The van der Waals surface area contributed by atoms with Crippen LogP contribution < -0.4 is 10.6 Å². The lowest BCUT2D eigenvalue weighted by Crippen LogP contribution is -2.42. The lowest BCUT2D eigenvalue weighted by atomic mass is 9.98.